The van der Waals surface area contributed by atoms with Gasteiger partial charge in [0.2, 0.25) is 0 Å². The van der Waals surface area contributed by atoms with Crippen LogP contribution in [0.5, 0.6) is 0 Å². The monoisotopic (exact) mass is 236 g/mol. The Balaban J connectivity index is 2.09. The van der Waals surface area contributed by atoms with Crippen LogP contribution in [-0.2, 0) is 0 Å². The van der Waals surface area contributed by atoms with E-state index in [0.29, 0.717) is 5.92 Å². The Hall–Kier alpha value is -0.490. The van der Waals surface area contributed by atoms with Crippen molar-refractivity contribution in [3.8, 4) is 0 Å². The van der Waals surface area contributed by atoms with E-state index >= 15 is 0 Å². The Labute approximate surface area is 104 Å². The number of alkyl halides is 1. The zero-order valence-electron chi connectivity index (χ0n) is 9.87. The van der Waals surface area contributed by atoms with Crippen LogP contribution in [0.15, 0.2) is 30.3 Å². The Morgan fingerprint density at radius 1 is 1.00 bits per heavy atom. The first-order valence-electron chi connectivity index (χ1n) is 6.52. The van der Waals surface area contributed by atoms with E-state index in [1.165, 1.54) is 44.1 Å². The highest BCUT2D eigenvalue weighted by Crippen LogP contribution is 2.35. The molecule has 0 aliphatic heterocycles. The van der Waals surface area contributed by atoms with Gasteiger partial charge in [-0.1, -0.05) is 56.0 Å². The first-order valence-corrected chi connectivity index (χ1v) is 7.06. The second-order valence-corrected chi connectivity index (χ2v) is 5.23. The van der Waals surface area contributed by atoms with Crippen LogP contribution >= 0.6 is 11.6 Å². The lowest BCUT2D eigenvalue weighted by Crippen LogP contribution is -2.14. The van der Waals surface area contributed by atoms with Crippen molar-refractivity contribution in [2.24, 2.45) is 5.92 Å². The average Bonchev–Trinajstić information content (AvgIpc) is 2.61. The summed E-state index contributed by atoms with van der Waals surface area (Å²) < 4.78 is 0. The van der Waals surface area contributed by atoms with Crippen molar-refractivity contribution >= 4 is 11.6 Å². The fourth-order valence-corrected chi connectivity index (χ4v) is 3.33. The van der Waals surface area contributed by atoms with E-state index in [0.717, 1.165) is 11.8 Å². The molecular formula is C15H21Cl. The van der Waals surface area contributed by atoms with Crippen LogP contribution < -0.4 is 0 Å². The molecule has 0 heterocycles. The van der Waals surface area contributed by atoms with Gasteiger partial charge in [0.15, 0.2) is 0 Å². The van der Waals surface area contributed by atoms with E-state index in [1.54, 1.807) is 0 Å². The third kappa shape index (κ3) is 3.01. The highest BCUT2D eigenvalue weighted by Gasteiger charge is 2.23. The maximum atomic E-state index is 6.19. The molecule has 1 fully saturated rings. The lowest BCUT2D eigenvalue weighted by atomic mass is 9.83. The van der Waals surface area contributed by atoms with E-state index in [9.17, 15) is 0 Å². The van der Waals surface area contributed by atoms with Gasteiger partial charge in [-0.15, -0.1) is 11.6 Å². The summed E-state index contributed by atoms with van der Waals surface area (Å²) in [7, 11) is 0. The molecule has 0 nitrogen and oxygen atoms in total. The smallest absolute Gasteiger partial charge is 0.0294 e. The minimum absolute atomic E-state index is 0.570. The molecule has 0 aromatic heterocycles. The molecule has 1 atom stereocenters. The number of benzene rings is 1. The zero-order valence-corrected chi connectivity index (χ0v) is 10.6. The van der Waals surface area contributed by atoms with Crippen molar-refractivity contribution < 1.29 is 0 Å². The molecule has 1 heteroatoms. The van der Waals surface area contributed by atoms with E-state index in [-0.39, 0.29) is 0 Å². The van der Waals surface area contributed by atoms with Gasteiger partial charge in [0, 0.05) is 11.8 Å². The summed E-state index contributed by atoms with van der Waals surface area (Å²) in [5.74, 6) is 2.15. The summed E-state index contributed by atoms with van der Waals surface area (Å²) in [6.45, 7) is 0. The molecule has 1 aliphatic rings. The normalized spacial score (nSPS) is 20.3. The van der Waals surface area contributed by atoms with Gasteiger partial charge in [-0.2, -0.15) is 0 Å². The first-order chi connectivity index (χ1) is 7.92. The van der Waals surface area contributed by atoms with E-state index in [1.807, 2.05) is 0 Å². The van der Waals surface area contributed by atoms with Crippen LogP contribution in [0.3, 0.4) is 0 Å². The molecule has 1 aliphatic carbocycles. The molecule has 1 aromatic rings. The zero-order chi connectivity index (χ0) is 11.2. The lowest BCUT2D eigenvalue weighted by Gasteiger charge is -2.24. The third-order valence-corrected chi connectivity index (χ3v) is 4.20. The Morgan fingerprint density at radius 2 is 1.62 bits per heavy atom. The second-order valence-electron chi connectivity index (χ2n) is 4.92. The second kappa shape index (κ2) is 6.30. The van der Waals surface area contributed by atoms with Crippen LogP contribution in [0, 0.1) is 5.92 Å². The van der Waals surface area contributed by atoms with Crippen LogP contribution in [0.25, 0.3) is 0 Å². The van der Waals surface area contributed by atoms with E-state index < -0.39 is 0 Å². The molecule has 0 N–H and O–H groups in total. The van der Waals surface area contributed by atoms with Gasteiger partial charge in [0.1, 0.15) is 0 Å². The SMILES string of the molecule is ClCC(c1ccccc1)C1CCCCCC1. The molecule has 0 bridgehead atoms. The standard InChI is InChI=1S/C15H21Cl/c16-12-15(14-10-6-3-7-11-14)13-8-4-1-2-5-9-13/h3,6-7,10-11,13,15H,1-2,4-5,8-9,12H2. The number of rotatable bonds is 3. The molecule has 0 saturated heterocycles. The first kappa shape index (κ1) is 12.0. The molecule has 0 spiro atoms. The van der Waals surface area contributed by atoms with Gasteiger partial charge in [0.05, 0.1) is 0 Å². The number of hydrogen-bond acceptors (Lipinski definition) is 0. The highest BCUT2D eigenvalue weighted by molar-refractivity contribution is 6.18. The van der Waals surface area contributed by atoms with Crippen molar-refractivity contribution in [3.63, 3.8) is 0 Å². The predicted molar refractivity (Wildman–Crippen MR) is 71.1 cm³/mol. The Kier molecular flexibility index (Phi) is 4.71. The fourth-order valence-electron chi connectivity index (χ4n) is 2.90. The van der Waals surface area contributed by atoms with Crippen molar-refractivity contribution in [2.75, 3.05) is 5.88 Å². The quantitative estimate of drug-likeness (QED) is 0.513. The van der Waals surface area contributed by atoms with Gasteiger partial charge in [0.25, 0.3) is 0 Å². The fraction of sp³-hybridized carbons (Fsp3) is 0.600. The van der Waals surface area contributed by atoms with Crippen LogP contribution in [-0.4, -0.2) is 5.88 Å². The van der Waals surface area contributed by atoms with Crippen LogP contribution in [0.2, 0.25) is 0 Å². The molecule has 1 unspecified atom stereocenters. The van der Waals surface area contributed by atoms with Crippen molar-refractivity contribution in [1.29, 1.82) is 0 Å². The van der Waals surface area contributed by atoms with Gasteiger partial charge in [-0.05, 0) is 24.3 Å². The predicted octanol–water partition coefficient (Wildman–Crippen LogP) is 4.98. The molecule has 1 saturated carbocycles. The maximum absolute atomic E-state index is 6.19. The minimum atomic E-state index is 0.570. The van der Waals surface area contributed by atoms with Crippen LogP contribution in [0.1, 0.15) is 50.0 Å². The lowest BCUT2D eigenvalue weighted by molar-refractivity contribution is 0.397. The summed E-state index contributed by atoms with van der Waals surface area (Å²) >= 11 is 6.19. The van der Waals surface area contributed by atoms with Gasteiger partial charge < -0.3 is 0 Å². The third-order valence-electron chi connectivity index (χ3n) is 3.86. The molecule has 2 rings (SSSR count). The van der Waals surface area contributed by atoms with Gasteiger partial charge >= 0.3 is 0 Å². The topological polar surface area (TPSA) is 0 Å². The summed E-state index contributed by atoms with van der Waals surface area (Å²) in [5, 5.41) is 0. The summed E-state index contributed by atoms with van der Waals surface area (Å²) in [6, 6.07) is 10.8. The molecule has 0 amide bonds. The summed E-state index contributed by atoms with van der Waals surface area (Å²) in [4.78, 5) is 0. The number of halogens is 1. The molecule has 16 heavy (non-hydrogen) atoms. The molecule has 1 aromatic carbocycles. The molecule has 0 radical (unpaired) electrons. The van der Waals surface area contributed by atoms with E-state index in [4.69, 9.17) is 11.6 Å². The molecule has 88 valence electrons. The van der Waals surface area contributed by atoms with E-state index in [2.05, 4.69) is 30.3 Å². The van der Waals surface area contributed by atoms with Crippen molar-refractivity contribution in [2.45, 2.75) is 44.4 Å². The Bertz CT molecular complexity index is 286. The van der Waals surface area contributed by atoms with Crippen molar-refractivity contribution in [1.82, 2.24) is 0 Å². The number of hydrogen-bond donors (Lipinski definition) is 0. The highest BCUT2D eigenvalue weighted by atomic mass is 35.5. The Morgan fingerprint density at radius 3 is 2.19 bits per heavy atom. The van der Waals surface area contributed by atoms with Gasteiger partial charge in [-0.3, -0.25) is 0 Å². The van der Waals surface area contributed by atoms with Crippen LogP contribution in [0.4, 0.5) is 0 Å². The minimum Gasteiger partial charge on any atom is -0.126 e. The largest absolute Gasteiger partial charge is 0.126 e. The summed E-state index contributed by atoms with van der Waals surface area (Å²) in [5.41, 5.74) is 1.43. The molecular weight excluding hydrogens is 216 g/mol. The summed E-state index contributed by atoms with van der Waals surface area (Å²) in [6.07, 6.45) is 8.36. The maximum Gasteiger partial charge on any atom is 0.0294 e. The average molecular weight is 237 g/mol. The van der Waals surface area contributed by atoms with Crippen molar-refractivity contribution in [3.05, 3.63) is 35.9 Å². The van der Waals surface area contributed by atoms with Gasteiger partial charge in [-0.25, -0.2) is 0 Å².